The monoisotopic (exact) mass is 271 g/mol. The van der Waals surface area contributed by atoms with Crippen LogP contribution in [0.2, 0.25) is 0 Å². The summed E-state index contributed by atoms with van der Waals surface area (Å²) in [5, 5.41) is 0. The first-order valence-electron chi connectivity index (χ1n) is 4.97. The molecule has 0 radical (unpaired) electrons. The molecule has 1 saturated heterocycles. The third-order valence-electron chi connectivity index (χ3n) is 2.52. The zero-order valence-electron chi connectivity index (χ0n) is 9.26. The van der Waals surface area contributed by atoms with Crippen molar-refractivity contribution in [3.05, 3.63) is 0 Å². The summed E-state index contributed by atoms with van der Waals surface area (Å²) in [5.74, 6) is -0.0128. The van der Waals surface area contributed by atoms with E-state index in [-0.39, 0.29) is 30.6 Å². The molecule has 1 aliphatic rings. The van der Waals surface area contributed by atoms with E-state index >= 15 is 0 Å². The molecule has 2 N–H and O–H groups in total. The summed E-state index contributed by atoms with van der Waals surface area (Å²) in [4.78, 5) is 12.8. The molecule has 8 heteroatoms. The van der Waals surface area contributed by atoms with Crippen molar-refractivity contribution in [1.29, 1.82) is 0 Å². The first-order valence-corrected chi connectivity index (χ1v) is 6.58. The molecule has 0 aromatic rings. The minimum Gasteiger partial charge on any atom is -0.339 e. The average Bonchev–Trinajstić information content (AvgIpc) is 2.28. The van der Waals surface area contributed by atoms with Crippen LogP contribution in [0.1, 0.15) is 6.92 Å². The Kier molecular flexibility index (Phi) is 6.24. The van der Waals surface area contributed by atoms with Gasteiger partial charge in [0, 0.05) is 26.2 Å². The van der Waals surface area contributed by atoms with Gasteiger partial charge in [0.1, 0.15) is 0 Å². The van der Waals surface area contributed by atoms with Crippen molar-refractivity contribution in [2.75, 3.05) is 38.5 Å². The Morgan fingerprint density at radius 1 is 1.25 bits per heavy atom. The number of carbonyl (C=O) groups excluding carboxylic acids is 1. The quantitative estimate of drug-likeness (QED) is 0.703. The number of carbonyl (C=O) groups is 1. The van der Waals surface area contributed by atoms with Gasteiger partial charge in [0.2, 0.25) is 15.9 Å². The van der Waals surface area contributed by atoms with Crippen molar-refractivity contribution < 1.29 is 13.2 Å². The van der Waals surface area contributed by atoms with Crippen molar-refractivity contribution in [3.8, 4) is 0 Å². The third-order valence-corrected chi connectivity index (χ3v) is 4.41. The van der Waals surface area contributed by atoms with E-state index in [9.17, 15) is 13.2 Å². The SMILES string of the molecule is CCS(=O)(=O)N1CCN(C(=O)CN)CC1.Cl. The maximum Gasteiger partial charge on any atom is 0.236 e. The molecule has 1 rings (SSSR count). The molecular weight excluding hydrogens is 254 g/mol. The maximum atomic E-state index is 11.5. The summed E-state index contributed by atoms with van der Waals surface area (Å²) in [6, 6.07) is 0. The van der Waals surface area contributed by atoms with Gasteiger partial charge in [-0.15, -0.1) is 12.4 Å². The van der Waals surface area contributed by atoms with Gasteiger partial charge < -0.3 is 10.6 Å². The van der Waals surface area contributed by atoms with Crippen LogP contribution in [0.3, 0.4) is 0 Å². The molecule has 0 spiro atoms. The fourth-order valence-corrected chi connectivity index (χ4v) is 2.61. The van der Waals surface area contributed by atoms with E-state index in [4.69, 9.17) is 5.73 Å². The van der Waals surface area contributed by atoms with Gasteiger partial charge in [0.05, 0.1) is 12.3 Å². The zero-order valence-corrected chi connectivity index (χ0v) is 10.9. The fourth-order valence-electron chi connectivity index (χ4n) is 1.53. The molecule has 0 aromatic heterocycles. The van der Waals surface area contributed by atoms with E-state index < -0.39 is 10.0 Å². The van der Waals surface area contributed by atoms with Gasteiger partial charge >= 0.3 is 0 Å². The number of piperazine rings is 1. The van der Waals surface area contributed by atoms with E-state index in [0.717, 1.165) is 0 Å². The lowest BCUT2D eigenvalue weighted by molar-refractivity contribution is -0.130. The van der Waals surface area contributed by atoms with Gasteiger partial charge in [-0.2, -0.15) is 4.31 Å². The van der Waals surface area contributed by atoms with Crippen molar-refractivity contribution in [1.82, 2.24) is 9.21 Å². The summed E-state index contributed by atoms with van der Waals surface area (Å²) in [6.07, 6.45) is 0. The smallest absolute Gasteiger partial charge is 0.236 e. The zero-order chi connectivity index (χ0) is 11.5. The Morgan fingerprint density at radius 3 is 2.12 bits per heavy atom. The van der Waals surface area contributed by atoms with Crippen molar-refractivity contribution in [2.24, 2.45) is 5.73 Å². The van der Waals surface area contributed by atoms with Gasteiger partial charge in [0.15, 0.2) is 0 Å². The Labute approximate surface area is 102 Å². The Balaban J connectivity index is 0.00000225. The van der Waals surface area contributed by atoms with Crippen LogP contribution in [-0.2, 0) is 14.8 Å². The van der Waals surface area contributed by atoms with Crippen LogP contribution in [0.25, 0.3) is 0 Å². The number of rotatable bonds is 3. The first-order chi connectivity index (χ1) is 7.01. The molecular formula is C8H18ClN3O3S. The van der Waals surface area contributed by atoms with Crippen LogP contribution in [0.4, 0.5) is 0 Å². The lowest BCUT2D eigenvalue weighted by atomic mass is 10.3. The van der Waals surface area contributed by atoms with Gasteiger partial charge in [-0.3, -0.25) is 4.79 Å². The van der Waals surface area contributed by atoms with Gasteiger partial charge in [0.25, 0.3) is 0 Å². The molecule has 0 bridgehead atoms. The highest BCUT2D eigenvalue weighted by Crippen LogP contribution is 2.07. The molecule has 1 fully saturated rings. The molecule has 0 saturated carbocycles. The molecule has 0 aliphatic carbocycles. The van der Waals surface area contributed by atoms with E-state index in [1.165, 1.54) is 4.31 Å². The Bertz CT molecular complexity index is 325. The highest BCUT2D eigenvalue weighted by atomic mass is 35.5. The number of hydrogen-bond donors (Lipinski definition) is 1. The normalized spacial score (nSPS) is 18.0. The summed E-state index contributed by atoms with van der Waals surface area (Å²) >= 11 is 0. The van der Waals surface area contributed by atoms with Crippen LogP contribution in [0.5, 0.6) is 0 Å². The molecule has 96 valence electrons. The van der Waals surface area contributed by atoms with Crippen LogP contribution >= 0.6 is 12.4 Å². The summed E-state index contributed by atoms with van der Waals surface area (Å²) < 4.78 is 24.4. The number of nitrogens with zero attached hydrogens (tertiary/aromatic N) is 2. The molecule has 0 aromatic carbocycles. The summed E-state index contributed by atoms with van der Waals surface area (Å²) in [5.41, 5.74) is 5.23. The van der Waals surface area contributed by atoms with Crippen LogP contribution in [0.15, 0.2) is 0 Å². The fraction of sp³-hybridized carbons (Fsp3) is 0.875. The topological polar surface area (TPSA) is 83.7 Å². The second kappa shape index (κ2) is 6.39. The van der Waals surface area contributed by atoms with E-state index in [1.54, 1.807) is 11.8 Å². The minimum atomic E-state index is -3.11. The Morgan fingerprint density at radius 2 is 1.75 bits per heavy atom. The summed E-state index contributed by atoms with van der Waals surface area (Å²) in [7, 11) is -3.11. The van der Waals surface area contributed by atoms with Crippen LogP contribution < -0.4 is 5.73 Å². The average molecular weight is 272 g/mol. The second-order valence-electron chi connectivity index (χ2n) is 3.38. The molecule has 0 unspecified atom stereocenters. The number of sulfonamides is 1. The molecule has 1 amide bonds. The predicted molar refractivity (Wildman–Crippen MR) is 63.9 cm³/mol. The Hall–Kier alpha value is -0.370. The minimum absolute atomic E-state index is 0. The molecule has 0 atom stereocenters. The molecule has 16 heavy (non-hydrogen) atoms. The van der Waals surface area contributed by atoms with Crippen molar-refractivity contribution >= 4 is 28.3 Å². The van der Waals surface area contributed by atoms with Crippen molar-refractivity contribution in [2.45, 2.75) is 6.92 Å². The molecule has 6 nitrogen and oxygen atoms in total. The van der Waals surface area contributed by atoms with Crippen molar-refractivity contribution in [3.63, 3.8) is 0 Å². The van der Waals surface area contributed by atoms with Gasteiger partial charge in [-0.1, -0.05) is 0 Å². The van der Waals surface area contributed by atoms with Gasteiger partial charge in [-0.05, 0) is 6.92 Å². The molecule has 1 aliphatic heterocycles. The van der Waals surface area contributed by atoms with Crippen LogP contribution in [-0.4, -0.2) is 62.0 Å². The van der Waals surface area contributed by atoms with E-state index in [2.05, 4.69) is 0 Å². The number of halogens is 1. The maximum absolute atomic E-state index is 11.5. The summed E-state index contributed by atoms with van der Waals surface area (Å²) in [6.45, 7) is 3.24. The molecule has 1 heterocycles. The standard InChI is InChI=1S/C8H17N3O3S.ClH/c1-2-15(13,14)11-5-3-10(4-6-11)8(12)7-9;/h2-7,9H2,1H3;1H. The van der Waals surface area contributed by atoms with E-state index in [0.29, 0.717) is 26.2 Å². The number of nitrogens with two attached hydrogens (primary N) is 1. The lowest BCUT2D eigenvalue weighted by Gasteiger charge is -2.33. The number of hydrogen-bond acceptors (Lipinski definition) is 4. The largest absolute Gasteiger partial charge is 0.339 e. The highest BCUT2D eigenvalue weighted by Gasteiger charge is 2.26. The number of amides is 1. The lowest BCUT2D eigenvalue weighted by Crippen LogP contribution is -2.52. The highest BCUT2D eigenvalue weighted by molar-refractivity contribution is 7.89. The van der Waals surface area contributed by atoms with Gasteiger partial charge in [-0.25, -0.2) is 8.42 Å². The predicted octanol–water partition coefficient (Wildman–Crippen LogP) is -1.14. The second-order valence-corrected chi connectivity index (χ2v) is 5.64. The van der Waals surface area contributed by atoms with Crippen LogP contribution in [0, 0.1) is 0 Å². The van der Waals surface area contributed by atoms with E-state index in [1.807, 2.05) is 0 Å². The first kappa shape index (κ1) is 15.6. The third kappa shape index (κ3) is 3.58.